The Hall–Kier alpha value is -1.50. The van der Waals surface area contributed by atoms with Gasteiger partial charge in [0.05, 0.1) is 11.1 Å². The van der Waals surface area contributed by atoms with Gasteiger partial charge < -0.3 is 4.74 Å². The van der Waals surface area contributed by atoms with Gasteiger partial charge >= 0.3 is 12.3 Å². The Morgan fingerprint density at radius 2 is 1.86 bits per heavy atom. The first-order valence-electron chi connectivity index (χ1n) is 6.10. The lowest BCUT2D eigenvalue weighted by Gasteiger charge is -2.19. The highest BCUT2D eigenvalue weighted by atomic mass is 79.9. The fourth-order valence-electron chi connectivity index (χ4n) is 1.82. The van der Waals surface area contributed by atoms with Gasteiger partial charge in [-0.1, -0.05) is 6.07 Å². The van der Waals surface area contributed by atoms with Crippen molar-refractivity contribution in [2.45, 2.75) is 32.5 Å². The maximum atomic E-state index is 12.8. The Morgan fingerprint density at radius 1 is 1.24 bits per heavy atom. The van der Waals surface area contributed by atoms with Gasteiger partial charge in [-0.3, -0.25) is 4.57 Å². The SMILES string of the molecule is CC(C)(C)OC(=O)n1cc(Br)c2ccc(C(F)(F)F)cc21. The van der Waals surface area contributed by atoms with Gasteiger partial charge in [-0.15, -0.1) is 0 Å². The third-order valence-electron chi connectivity index (χ3n) is 2.67. The summed E-state index contributed by atoms with van der Waals surface area (Å²) in [6.45, 7) is 5.06. The quantitative estimate of drug-likeness (QED) is 0.643. The Kier molecular flexibility index (Phi) is 3.82. The summed E-state index contributed by atoms with van der Waals surface area (Å²) in [5, 5.41) is 0.508. The zero-order valence-electron chi connectivity index (χ0n) is 11.6. The third kappa shape index (κ3) is 3.40. The van der Waals surface area contributed by atoms with Crippen molar-refractivity contribution in [3.8, 4) is 0 Å². The van der Waals surface area contributed by atoms with Gasteiger partial charge in [0, 0.05) is 16.1 Å². The molecule has 21 heavy (non-hydrogen) atoms. The van der Waals surface area contributed by atoms with Crippen molar-refractivity contribution >= 4 is 32.9 Å². The van der Waals surface area contributed by atoms with Crippen molar-refractivity contribution in [3.05, 3.63) is 34.4 Å². The Morgan fingerprint density at radius 3 is 2.38 bits per heavy atom. The maximum absolute atomic E-state index is 12.8. The summed E-state index contributed by atoms with van der Waals surface area (Å²) in [5.74, 6) is 0. The van der Waals surface area contributed by atoms with Crippen LogP contribution < -0.4 is 0 Å². The van der Waals surface area contributed by atoms with Crippen molar-refractivity contribution < 1.29 is 22.7 Å². The zero-order valence-corrected chi connectivity index (χ0v) is 13.2. The molecule has 0 atom stereocenters. The van der Waals surface area contributed by atoms with E-state index in [-0.39, 0.29) is 5.52 Å². The molecule has 3 nitrogen and oxygen atoms in total. The number of hydrogen-bond donors (Lipinski definition) is 0. The van der Waals surface area contributed by atoms with E-state index in [9.17, 15) is 18.0 Å². The van der Waals surface area contributed by atoms with E-state index in [2.05, 4.69) is 15.9 Å². The summed E-state index contributed by atoms with van der Waals surface area (Å²) >= 11 is 3.23. The van der Waals surface area contributed by atoms with E-state index in [0.29, 0.717) is 9.86 Å². The number of benzene rings is 1. The van der Waals surface area contributed by atoms with Crippen LogP contribution >= 0.6 is 15.9 Å². The molecule has 1 aromatic carbocycles. The summed E-state index contributed by atoms with van der Waals surface area (Å²) in [5.41, 5.74) is -1.40. The van der Waals surface area contributed by atoms with E-state index in [0.717, 1.165) is 16.7 Å². The van der Waals surface area contributed by atoms with Crippen LogP contribution in [0.25, 0.3) is 10.9 Å². The number of aromatic nitrogens is 1. The lowest BCUT2D eigenvalue weighted by Crippen LogP contribution is -2.26. The van der Waals surface area contributed by atoms with E-state index >= 15 is 0 Å². The van der Waals surface area contributed by atoms with Crippen molar-refractivity contribution in [1.29, 1.82) is 0 Å². The standard InChI is InChI=1S/C14H13BrF3NO2/c1-13(2,3)21-12(20)19-7-10(15)9-5-4-8(6-11(9)19)14(16,17)18/h4-7H,1-3H3. The van der Waals surface area contributed by atoms with E-state index in [1.807, 2.05) is 0 Å². The molecule has 0 aliphatic rings. The number of hydrogen-bond acceptors (Lipinski definition) is 2. The molecule has 0 N–H and O–H groups in total. The number of nitrogens with zero attached hydrogens (tertiary/aromatic N) is 1. The average molecular weight is 364 g/mol. The van der Waals surface area contributed by atoms with Crippen molar-refractivity contribution in [2.24, 2.45) is 0 Å². The number of carbonyl (C=O) groups is 1. The summed E-state index contributed by atoms with van der Waals surface area (Å²) < 4.78 is 45.2. The molecule has 0 saturated carbocycles. The van der Waals surface area contributed by atoms with Crippen LogP contribution in [0.15, 0.2) is 28.9 Å². The van der Waals surface area contributed by atoms with Crippen molar-refractivity contribution in [3.63, 3.8) is 0 Å². The summed E-state index contributed by atoms with van der Waals surface area (Å²) in [7, 11) is 0. The molecular formula is C14H13BrF3NO2. The summed E-state index contributed by atoms with van der Waals surface area (Å²) in [6, 6.07) is 3.24. The molecule has 0 spiro atoms. The molecule has 2 aromatic rings. The number of fused-ring (bicyclic) bond motifs is 1. The molecule has 0 aliphatic carbocycles. The molecule has 0 aliphatic heterocycles. The molecule has 0 saturated heterocycles. The number of halogens is 4. The molecule has 7 heteroatoms. The van der Waals surface area contributed by atoms with Crippen LogP contribution in [0.3, 0.4) is 0 Å². The first kappa shape index (κ1) is 15.9. The minimum Gasteiger partial charge on any atom is -0.443 e. The fourth-order valence-corrected chi connectivity index (χ4v) is 2.36. The van der Waals surface area contributed by atoms with Crippen LogP contribution in [0, 0.1) is 0 Å². The van der Waals surface area contributed by atoms with Gasteiger partial charge in [0.25, 0.3) is 0 Å². The van der Waals surface area contributed by atoms with E-state index in [4.69, 9.17) is 4.74 Å². The molecule has 0 fully saturated rings. The molecule has 0 bridgehead atoms. The number of carbonyl (C=O) groups excluding carboxylic acids is 1. The second kappa shape index (κ2) is 5.05. The molecule has 1 aromatic heterocycles. The molecule has 1 heterocycles. The average Bonchev–Trinajstić information content (AvgIpc) is 2.63. The van der Waals surface area contributed by atoms with Crippen LogP contribution in [-0.4, -0.2) is 16.3 Å². The van der Waals surface area contributed by atoms with Gasteiger partial charge in [-0.2, -0.15) is 13.2 Å². The number of ether oxygens (including phenoxy) is 1. The molecule has 114 valence electrons. The second-order valence-corrected chi connectivity index (χ2v) is 6.41. The molecule has 0 unspecified atom stereocenters. The minimum atomic E-state index is -4.47. The van der Waals surface area contributed by atoms with Gasteiger partial charge in [0.2, 0.25) is 0 Å². The second-order valence-electron chi connectivity index (χ2n) is 5.56. The largest absolute Gasteiger partial charge is 0.443 e. The Balaban J connectivity index is 2.56. The highest BCUT2D eigenvalue weighted by molar-refractivity contribution is 9.10. The summed E-state index contributed by atoms with van der Waals surface area (Å²) in [4.78, 5) is 12.1. The Labute approximate surface area is 127 Å². The lowest BCUT2D eigenvalue weighted by atomic mass is 10.1. The van der Waals surface area contributed by atoms with E-state index < -0.39 is 23.4 Å². The van der Waals surface area contributed by atoms with Crippen LogP contribution in [0.4, 0.5) is 18.0 Å². The first-order valence-corrected chi connectivity index (χ1v) is 6.89. The highest BCUT2D eigenvalue weighted by Crippen LogP contribution is 2.34. The van der Waals surface area contributed by atoms with Crippen LogP contribution in [0.5, 0.6) is 0 Å². The molecule has 0 radical (unpaired) electrons. The predicted octanol–water partition coefficient (Wildman–Crippen LogP) is 5.21. The van der Waals surface area contributed by atoms with Gasteiger partial charge in [-0.05, 0) is 48.8 Å². The summed E-state index contributed by atoms with van der Waals surface area (Å²) in [6.07, 6.45) is -3.79. The van der Waals surface area contributed by atoms with E-state index in [1.54, 1.807) is 20.8 Å². The zero-order chi connectivity index (χ0) is 16.0. The van der Waals surface area contributed by atoms with Crippen LogP contribution in [-0.2, 0) is 10.9 Å². The third-order valence-corrected chi connectivity index (χ3v) is 3.31. The first-order chi connectivity index (χ1) is 9.49. The predicted molar refractivity (Wildman–Crippen MR) is 76.3 cm³/mol. The normalized spacial score (nSPS) is 12.7. The number of rotatable bonds is 0. The van der Waals surface area contributed by atoms with Crippen LogP contribution in [0.2, 0.25) is 0 Å². The fraction of sp³-hybridized carbons (Fsp3) is 0.357. The van der Waals surface area contributed by atoms with Gasteiger partial charge in [0.1, 0.15) is 5.60 Å². The van der Waals surface area contributed by atoms with E-state index in [1.165, 1.54) is 12.3 Å². The van der Waals surface area contributed by atoms with Crippen LogP contribution in [0.1, 0.15) is 26.3 Å². The topological polar surface area (TPSA) is 31.2 Å². The molecular weight excluding hydrogens is 351 g/mol. The number of alkyl halides is 3. The smallest absolute Gasteiger partial charge is 0.419 e. The monoisotopic (exact) mass is 363 g/mol. The van der Waals surface area contributed by atoms with Gasteiger partial charge in [-0.25, -0.2) is 4.79 Å². The lowest BCUT2D eigenvalue weighted by molar-refractivity contribution is -0.137. The molecule has 2 rings (SSSR count). The van der Waals surface area contributed by atoms with Crippen molar-refractivity contribution in [2.75, 3.05) is 0 Å². The van der Waals surface area contributed by atoms with Gasteiger partial charge in [0.15, 0.2) is 0 Å². The minimum absolute atomic E-state index is 0.144. The Bertz CT molecular complexity index is 699. The van der Waals surface area contributed by atoms with Crippen molar-refractivity contribution in [1.82, 2.24) is 4.57 Å². The molecule has 0 amide bonds. The highest BCUT2D eigenvalue weighted by Gasteiger charge is 2.31. The maximum Gasteiger partial charge on any atom is 0.419 e.